The third-order valence-corrected chi connectivity index (χ3v) is 2.98. The Balaban J connectivity index is 2.09. The van der Waals surface area contributed by atoms with Gasteiger partial charge in [-0.05, 0) is 12.1 Å². The first-order chi connectivity index (χ1) is 9.97. The van der Waals surface area contributed by atoms with Crippen molar-refractivity contribution < 1.29 is 19.6 Å². The predicted molar refractivity (Wildman–Crippen MR) is 73.2 cm³/mol. The summed E-state index contributed by atoms with van der Waals surface area (Å²) in [6, 6.07) is 5.61. The fourth-order valence-corrected chi connectivity index (χ4v) is 1.87. The highest BCUT2D eigenvalue weighted by atomic mass is 16.6. The summed E-state index contributed by atoms with van der Waals surface area (Å²) in [7, 11) is 0. The van der Waals surface area contributed by atoms with Crippen LogP contribution in [0.1, 0.15) is 5.56 Å². The molecule has 1 unspecified atom stereocenters. The number of carbonyl (C=O) groups is 1. The number of aliphatic imine (C=N–C) groups is 1. The van der Waals surface area contributed by atoms with Crippen LogP contribution in [0.4, 0.5) is 10.5 Å². The second kappa shape index (κ2) is 6.18. The van der Waals surface area contributed by atoms with E-state index < -0.39 is 17.2 Å². The number of nitrogens with two attached hydrogens (primary N) is 1. The van der Waals surface area contributed by atoms with Crippen molar-refractivity contribution in [2.75, 3.05) is 19.7 Å². The summed E-state index contributed by atoms with van der Waals surface area (Å²) in [6.45, 7) is 0.635. The minimum Gasteiger partial charge on any atom is -0.465 e. The van der Waals surface area contributed by atoms with E-state index in [1.54, 1.807) is 0 Å². The highest BCUT2D eigenvalue weighted by Crippen LogP contribution is 2.13. The maximum atomic E-state index is 10.9. The Labute approximate surface area is 119 Å². The highest BCUT2D eigenvalue weighted by Gasteiger charge is 2.23. The molecule has 9 heteroatoms. The van der Waals surface area contributed by atoms with Crippen molar-refractivity contribution >= 4 is 17.6 Å². The molecule has 112 valence electrons. The van der Waals surface area contributed by atoms with Gasteiger partial charge in [0.2, 0.25) is 0 Å². The maximum Gasteiger partial charge on any atom is 0.407 e. The Bertz CT molecular complexity index is 572. The molecule has 0 bridgehead atoms. The molecule has 1 aromatic carbocycles. The first-order valence-electron chi connectivity index (χ1n) is 6.15. The fraction of sp³-hybridized carbons (Fsp3) is 0.333. The Morgan fingerprint density at radius 2 is 2.14 bits per heavy atom. The number of non-ortho nitro benzene ring substituents is 1. The van der Waals surface area contributed by atoms with Gasteiger partial charge in [-0.3, -0.25) is 10.1 Å². The topological polar surface area (TPSA) is 131 Å². The summed E-state index contributed by atoms with van der Waals surface area (Å²) in [4.78, 5) is 26.2. The second-order valence-electron chi connectivity index (χ2n) is 4.37. The van der Waals surface area contributed by atoms with E-state index in [0.717, 1.165) is 0 Å². The number of hydrogen-bond acceptors (Lipinski definition) is 5. The third kappa shape index (κ3) is 3.66. The first kappa shape index (κ1) is 14.7. The van der Waals surface area contributed by atoms with E-state index >= 15 is 0 Å². The molecule has 0 aliphatic carbocycles. The second-order valence-corrected chi connectivity index (χ2v) is 4.37. The summed E-state index contributed by atoms with van der Waals surface area (Å²) >= 11 is 0. The number of hydrogen-bond donors (Lipinski definition) is 2. The number of nitro groups is 1. The molecule has 1 amide bonds. The van der Waals surface area contributed by atoms with Crippen LogP contribution in [0.3, 0.4) is 0 Å². The molecule has 1 heterocycles. The molecule has 0 saturated carbocycles. The normalized spacial score (nSPS) is 19.3. The molecule has 1 atom stereocenters. The van der Waals surface area contributed by atoms with Crippen molar-refractivity contribution in [1.82, 2.24) is 4.90 Å². The number of rotatable bonds is 3. The Morgan fingerprint density at radius 3 is 2.71 bits per heavy atom. The minimum absolute atomic E-state index is 0.0440. The van der Waals surface area contributed by atoms with Gasteiger partial charge in [-0.1, -0.05) is 0 Å². The van der Waals surface area contributed by atoms with Gasteiger partial charge in [-0.25, -0.2) is 9.79 Å². The number of carboxylic acid groups (broad SMARTS) is 1. The lowest BCUT2D eigenvalue weighted by Crippen LogP contribution is -2.44. The average molecular weight is 294 g/mol. The van der Waals surface area contributed by atoms with Crippen LogP contribution in [-0.4, -0.2) is 52.8 Å². The van der Waals surface area contributed by atoms with Crippen LogP contribution in [0.5, 0.6) is 0 Å². The summed E-state index contributed by atoms with van der Waals surface area (Å²) in [5, 5.41) is 19.5. The summed E-state index contributed by atoms with van der Waals surface area (Å²) in [5.74, 6) is 0.141. The zero-order valence-corrected chi connectivity index (χ0v) is 11.0. The van der Waals surface area contributed by atoms with Crippen molar-refractivity contribution in [3.8, 4) is 0 Å². The molecular weight excluding hydrogens is 280 g/mol. The third-order valence-electron chi connectivity index (χ3n) is 2.98. The number of nitro benzene ring substituents is 1. The van der Waals surface area contributed by atoms with Crippen molar-refractivity contribution in [2.24, 2.45) is 10.7 Å². The molecule has 21 heavy (non-hydrogen) atoms. The lowest BCUT2D eigenvalue weighted by atomic mass is 10.2. The fourth-order valence-electron chi connectivity index (χ4n) is 1.87. The molecule has 0 spiro atoms. The Hall–Kier alpha value is -2.68. The van der Waals surface area contributed by atoms with E-state index in [1.807, 2.05) is 0 Å². The summed E-state index contributed by atoms with van der Waals surface area (Å²) in [6.07, 6.45) is -1.71. The molecule has 0 radical (unpaired) electrons. The van der Waals surface area contributed by atoms with Crippen molar-refractivity contribution in [3.05, 3.63) is 39.9 Å². The quantitative estimate of drug-likeness (QED) is 0.364. The summed E-state index contributed by atoms with van der Waals surface area (Å²) < 4.78 is 5.33. The largest absolute Gasteiger partial charge is 0.465 e. The van der Waals surface area contributed by atoms with Crippen LogP contribution < -0.4 is 5.73 Å². The van der Waals surface area contributed by atoms with Crippen LogP contribution in [0, 0.1) is 10.1 Å². The molecule has 0 aromatic heterocycles. The standard InChI is InChI=1S/C12H14N4O5/c13-11(8-1-3-9(4-2-8)16(19)20)14-10-7-15(12(17)18)5-6-21-10/h1-4,10H,5-7H2,(H2,13,14)(H,17,18). The molecule has 1 saturated heterocycles. The van der Waals surface area contributed by atoms with Crippen LogP contribution in [0.25, 0.3) is 0 Å². The number of amides is 1. The van der Waals surface area contributed by atoms with Crippen LogP contribution in [-0.2, 0) is 4.74 Å². The van der Waals surface area contributed by atoms with Crippen LogP contribution >= 0.6 is 0 Å². The van der Waals surface area contributed by atoms with E-state index in [0.29, 0.717) is 12.1 Å². The van der Waals surface area contributed by atoms with Gasteiger partial charge < -0.3 is 20.5 Å². The SMILES string of the molecule is N/C(=N\C1CN(C(=O)O)CCO1)c1ccc([N+](=O)[O-])cc1. The molecule has 1 aliphatic rings. The number of ether oxygens (including phenoxy) is 1. The number of morpholine rings is 1. The number of benzene rings is 1. The lowest BCUT2D eigenvalue weighted by molar-refractivity contribution is -0.384. The van der Waals surface area contributed by atoms with Gasteiger partial charge in [0.25, 0.3) is 5.69 Å². The lowest BCUT2D eigenvalue weighted by Gasteiger charge is -2.28. The van der Waals surface area contributed by atoms with Gasteiger partial charge in [-0.15, -0.1) is 0 Å². The van der Waals surface area contributed by atoms with Gasteiger partial charge in [0.1, 0.15) is 5.84 Å². The Morgan fingerprint density at radius 1 is 1.48 bits per heavy atom. The van der Waals surface area contributed by atoms with E-state index in [4.69, 9.17) is 15.6 Å². The highest BCUT2D eigenvalue weighted by molar-refractivity contribution is 5.97. The monoisotopic (exact) mass is 294 g/mol. The van der Waals surface area contributed by atoms with Crippen LogP contribution in [0.2, 0.25) is 0 Å². The smallest absolute Gasteiger partial charge is 0.407 e. The first-order valence-corrected chi connectivity index (χ1v) is 6.15. The zero-order valence-electron chi connectivity index (χ0n) is 11.0. The predicted octanol–water partition coefficient (Wildman–Crippen LogP) is 0.636. The van der Waals surface area contributed by atoms with E-state index in [1.165, 1.54) is 29.2 Å². The molecular formula is C12H14N4O5. The molecule has 9 nitrogen and oxygen atoms in total. The van der Waals surface area contributed by atoms with Crippen molar-refractivity contribution in [3.63, 3.8) is 0 Å². The van der Waals surface area contributed by atoms with Crippen LogP contribution in [0.15, 0.2) is 29.3 Å². The van der Waals surface area contributed by atoms with Gasteiger partial charge >= 0.3 is 6.09 Å². The molecule has 1 aliphatic heterocycles. The molecule has 3 N–H and O–H groups in total. The van der Waals surface area contributed by atoms with Gasteiger partial charge in [-0.2, -0.15) is 0 Å². The van der Waals surface area contributed by atoms with E-state index in [-0.39, 0.29) is 24.7 Å². The number of amidine groups is 1. The molecule has 2 rings (SSSR count). The summed E-state index contributed by atoms with van der Waals surface area (Å²) in [5.41, 5.74) is 6.27. The molecule has 1 fully saturated rings. The zero-order chi connectivity index (χ0) is 15.4. The maximum absolute atomic E-state index is 10.9. The Kier molecular flexibility index (Phi) is 4.33. The van der Waals surface area contributed by atoms with Crippen molar-refractivity contribution in [1.29, 1.82) is 0 Å². The van der Waals surface area contributed by atoms with E-state index in [2.05, 4.69) is 4.99 Å². The molecule has 1 aromatic rings. The van der Waals surface area contributed by atoms with E-state index in [9.17, 15) is 14.9 Å². The minimum atomic E-state index is -1.03. The van der Waals surface area contributed by atoms with Crippen molar-refractivity contribution in [2.45, 2.75) is 6.23 Å². The average Bonchev–Trinajstić information content (AvgIpc) is 2.47. The van der Waals surface area contributed by atoms with Gasteiger partial charge in [0, 0.05) is 24.2 Å². The van der Waals surface area contributed by atoms with Gasteiger partial charge in [0.05, 0.1) is 18.1 Å². The number of nitrogens with zero attached hydrogens (tertiary/aromatic N) is 3. The van der Waals surface area contributed by atoms with Gasteiger partial charge in [0.15, 0.2) is 6.23 Å².